The number of amides is 1. The second kappa shape index (κ2) is 6.49. The molecule has 0 aromatic heterocycles. The van der Waals surface area contributed by atoms with Crippen LogP contribution in [-0.2, 0) is 19.6 Å². The third-order valence-corrected chi connectivity index (χ3v) is 3.98. The summed E-state index contributed by atoms with van der Waals surface area (Å²) in [4.78, 5) is 21.6. The molecule has 0 saturated heterocycles. The van der Waals surface area contributed by atoms with Crippen molar-refractivity contribution in [3.05, 3.63) is 24.3 Å². The molecule has 7 nitrogen and oxygen atoms in total. The number of anilines is 1. The summed E-state index contributed by atoms with van der Waals surface area (Å²) in [6, 6.07) is 4.27. The highest BCUT2D eigenvalue weighted by Crippen LogP contribution is 2.14. The van der Waals surface area contributed by atoms with Gasteiger partial charge in [-0.3, -0.25) is 9.59 Å². The minimum atomic E-state index is -3.91. The smallest absolute Gasteiger partial charge is 0.321 e. The number of carbonyl (C=O) groups is 2. The third-order valence-electron chi connectivity index (χ3n) is 2.49. The van der Waals surface area contributed by atoms with Gasteiger partial charge in [0.05, 0.1) is 4.90 Å². The molecule has 110 valence electrons. The molecule has 0 heterocycles. The molecule has 0 fully saturated rings. The first-order chi connectivity index (χ1) is 9.26. The van der Waals surface area contributed by atoms with Crippen molar-refractivity contribution in [3.63, 3.8) is 0 Å². The molecule has 1 amide bonds. The first-order valence-electron chi connectivity index (χ1n) is 5.89. The molecule has 20 heavy (non-hydrogen) atoms. The lowest BCUT2D eigenvalue weighted by molar-refractivity contribution is -0.139. The number of hydrogen-bond acceptors (Lipinski definition) is 4. The monoisotopic (exact) mass is 300 g/mol. The van der Waals surface area contributed by atoms with Crippen molar-refractivity contribution in [1.82, 2.24) is 4.72 Å². The van der Waals surface area contributed by atoms with Crippen LogP contribution in [0, 0.1) is 0 Å². The lowest BCUT2D eigenvalue weighted by Gasteiger charge is -2.13. The Morgan fingerprint density at radius 3 is 2.20 bits per heavy atom. The molecule has 0 aliphatic carbocycles. The van der Waals surface area contributed by atoms with Gasteiger partial charge in [0.2, 0.25) is 15.9 Å². The van der Waals surface area contributed by atoms with E-state index in [4.69, 9.17) is 5.11 Å². The highest BCUT2D eigenvalue weighted by atomic mass is 32.2. The fourth-order valence-corrected chi connectivity index (χ4v) is 2.76. The van der Waals surface area contributed by atoms with Gasteiger partial charge in [0.15, 0.2) is 0 Å². The zero-order chi connectivity index (χ0) is 15.3. The van der Waals surface area contributed by atoms with Crippen LogP contribution in [-0.4, -0.2) is 31.4 Å². The average Bonchev–Trinajstić information content (AvgIpc) is 2.35. The van der Waals surface area contributed by atoms with Crippen molar-refractivity contribution in [3.8, 4) is 0 Å². The van der Waals surface area contributed by atoms with Gasteiger partial charge in [-0.2, -0.15) is 4.72 Å². The largest absolute Gasteiger partial charge is 0.480 e. The number of aliphatic carboxylic acids is 1. The predicted octanol–water partition coefficient (Wildman–Crippen LogP) is 0.786. The Hall–Kier alpha value is -1.93. The van der Waals surface area contributed by atoms with E-state index >= 15 is 0 Å². The predicted molar refractivity (Wildman–Crippen MR) is 72.8 cm³/mol. The minimum absolute atomic E-state index is 0.0636. The van der Waals surface area contributed by atoms with Gasteiger partial charge < -0.3 is 10.4 Å². The molecule has 0 spiro atoms. The van der Waals surface area contributed by atoms with Gasteiger partial charge in [-0.15, -0.1) is 0 Å². The van der Waals surface area contributed by atoms with E-state index in [9.17, 15) is 18.0 Å². The second-order valence-corrected chi connectivity index (χ2v) is 5.84. The van der Waals surface area contributed by atoms with Gasteiger partial charge in [-0.1, -0.05) is 6.92 Å². The van der Waals surface area contributed by atoms with Crippen LogP contribution in [0.15, 0.2) is 29.2 Å². The molecule has 0 saturated carbocycles. The third kappa shape index (κ3) is 4.32. The van der Waals surface area contributed by atoms with Crippen molar-refractivity contribution < 1.29 is 23.1 Å². The van der Waals surface area contributed by atoms with Crippen molar-refractivity contribution >= 4 is 27.6 Å². The van der Waals surface area contributed by atoms with Crippen molar-refractivity contribution in [2.24, 2.45) is 0 Å². The number of carboxylic acids is 1. The maximum atomic E-state index is 12.0. The highest BCUT2D eigenvalue weighted by Gasteiger charge is 2.23. The maximum Gasteiger partial charge on any atom is 0.321 e. The van der Waals surface area contributed by atoms with Crippen LogP contribution >= 0.6 is 0 Å². The summed E-state index contributed by atoms with van der Waals surface area (Å²) in [5.74, 6) is -1.50. The molecule has 0 bridgehead atoms. The summed E-state index contributed by atoms with van der Waals surface area (Å²) in [6.45, 7) is 2.91. The summed E-state index contributed by atoms with van der Waals surface area (Å²) in [5, 5.41) is 11.4. The van der Waals surface area contributed by atoms with Crippen molar-refractivity contribution in [2.45, 2.75) is 31.2 Å². The van der Waals surface area contributed by atoms with E-state index in [2.05, 4.69) is 10.0 Å². The number of carbonyl (C=O) groups excluding carboxylic acids is 1. The Balaban J connectivity index is 2.92. The van der Waals surface area contributed by atoms with E-state index < -0.39 is 22.0 Å². The van der Waals surface area contributed by atoms with Gasteiger partial charge in [-0.25, -0.2) is 8.42 Å². The molecule has 0 aliphatic rings. The normalized spacial score (nSPS) is 12.7. The average molecular weight is 300 g/mol. The van der Waals surface area contributed by atoms with Gasteiger partial charge in [0.25, 0.3) is 0 Å². The fraction of sp³-hybridized carbons (Fsp3) is 0.333. The topological polar surface area (TPSA) is 113 Å². The zero-order valence-corrected chi connectivity index (χ0v) is 11.9. The summed E-state index contributed by atoms with van der Waals surface area (Å²) in [5.41, 5.74) is 0.460. The molecule has 1 rings (SSSR count). The summed E-state index contributed by atoms with van der Waals surface area (Å²) in [6.07, 6.45) is 0.137. The fourth-order valence-electron chi connectivity index (χ4n) is 1.48. The first-order valence-corrected chi connectivity index (χ1v) is 7.37. The Morgan fingerprint density at radius 2 is 1.80 bits per heavy atom. The molecule has 8 heteroatoms. The Kier molecular flexibility index (Phi) is 5.23. The summed E-state index contributed by atoms with van der Waals surface area (Å²) < 4.78 is 26.1. The number of benzene rings is 1. The quantitative estimate of drug-likeness (QED) is 0.719. The zero-order valence-electron chi connectivity index (χ0n) is 11.1. The molecule has 0 aliphatic heterocycles. The van der Waals surface area contributed by atoms with E-state index in [0.717, 1.165) is 0 Å². The van der Waals surface area contributed by atoms with Gasteiger partial charge in [0.1, 0.15) is 6.04 Å². The number of carboxylic acid groups (broad SMARTS) is 1. The second-order valence-electron chi connectivity index (χ2n) is 4.13. The van der Waals surface area contributed by atoms with E-state index in [1.54, 1.807) is 6.92 Å². The molecule has 0 unspecified atom stereocenters. The maximum absolute atomic E-state index is 12.0. The Morgan fingerprint density at radius 1 is 1.25 bits per heavy atom. The first kappa shape index (κ1) is 16.1. The van der Waals surface area contributed by atoms with Crippen molar-refractivity contribution in [2.75, 3.05) is 5.32 Å². The Labute approximate surface area is 117 Å². The van der Waals surface area contributed by atoms with E-state index in [1.165, 1.54) is 31.2 Å². The molecule has 1 aromatic rings. The molecular formula is C12H16N2O5S. The van der Waals surface area contributed by atoms with Gasteiger partial charge in [-0.05, 0) is 30.7 Å². The van der Waals surface area contributed by atoms with Crippen LogP contribution in [0.25, 0.3) is 0 Å². The summed E-state index contributed by atoms with van der Waals surface area (Å²) >= 11 is 0. The molecular weight excluding hydrogens is 284 g/mol. The van der Waals surface area contributed by atoms with E-state index in [-0.39, 0.29) is 17.2 Å². The van der Waals surface area contributed by atoms with Gasteiger partial charge >= 0.3 is 5.97 Å². The van der Waals surface area contributed by atoms with Crippen LogP contribution in [0.5, 0.6) is 0 Å². The van der Waals surface area contributed by atoms with Crippen molar-refractivity contribution in [1.29, 1.82) is 0 Å². The van der Waals surface area contributed by atoms with Crippen LogP contribution in [0.1, 0.15) is 20.3 Å². The van der Waals surface area contributed by atoms with E-state index in [1.807, 2.05) is 0 Å². The molecule has 0 radical (unpaired) electrons. The standard InChI is InChI=1S/C12H16N2O5S/c1-3-11(12(16)17)14-20(18,19)10-6-4-9(5-7-10)13-8(2)15/h4-7,11,14H,3H2,1-2H3,(H,13,15)(H,16,17)/t11-/m0/s1. The minimum Gasteiger partial charge on any atom is -0.480 e. The molecule has 3 N–H and O–H groups in total. The number of hydrogen-bond donors (Lipinski definition) is 3. The molecule has 1 atom stereocenters. The molecule has 1 aromatic carbocycles. The van der Waals surface area contributed by atoms with Crippen LogP contribution in [0.2, 0.25) is 0 Å². The highest BCUT2D eigenvalue weighted by molar-refractivity contribution is 7.89. The van der Waals surface area contributed by atoms with Gasteiger partial charge in [0, 0.05) is 12.6 Å². The SMILES string of the molecule is CC[C@H](NS(=O)(=O)c1ccc(NC(C)=O)cc1)C(=O)O. The van der Waals surface area contributed by atoms with Crippen LogP contribution in [0.3, 0.4) is 0 Å². The number of nitrogens with one attached hydrogen (secondary N) is 2. The van der Waals surface area contributed by atoms with E-state index in [0.29, 0.717) is 5.69 Å². The lowest BCUT2D eigenvalue weighted by Crippen LogP contribution is -2.40. The number of rotatable bonds is 6. The summed E-state index contributed by atoms with van der Waals surface area (Å²) in [7, 11) is -3.91. The van der Waals surface area contributed by atoms with Crippen LogP contribution in [0.4, 0.5) is 5.69 Å². The number of sulfonamides is 1. The lowest BCUT2D eigenvalue weighted by atomic mass is 10.2. The van der Waals surface area contributed by atoms with Crippen LogP contribution < -0.4 is 10.0 Å². The Bertz CT molecular complexity index is 595.